The quantitative estimate of drug-likeness (QED) is 0.636. The highest BCUT2D eigenvalue weighted by molar-refractivity contribution is 5.97. The predicted octanol–water partition coefficient (Wildman–Crippen LogP) is 3.58. The van der Waals surface area contributed by atoms with E-state index in [4.69, 9.17) is 5.11 Å². The van der Waals surface area contributed by atoms with Crippen LogP contribution >= 0.6 is 0 Å². The van der Waals surface area contributed by atoms with Gasteiger partial charge in [0.2, 0.25) is 0 Å². The summed E-state index contributed by atoms with van der Waals surface area (Å²) in [6.45, 7) is 9.47. The lowest BCUT2D eigenvalue weighted by Crippen LogP contribution is -2.58. The summed E-state index contributed by atoms with van der Waals surface area (Å²) in [6, 6.07) is 15.9. The van der Waals surface area contributed by atoms with E-state index in [9.17, 15) is 9.59 Å². The van der Waals surface area contributed by atoms with Gasteiger partial charge >= 0.3 is 0 Å². The van der Waals surface area contributed by atoms with Crippen molar-refractivity contribution in [1.82, 2.24) is 14.7 Å². The number of aliphatic hydroxyl groups is 1. The number of carbonyl (C=O) groups is 2. The second-order valence-electron chi connectivity index (χ2n) is 9.92. The Morgan fingerprint density at radius 2 is 1.26 bits per heavy atom. The molecule has 2 aromatic rings. The zero-order chi connectivity index (χ0) is 24.1. The summed E-state index contributed by atoms with van der Waals surface area (Å²) in [5.41, 5.74) is 3.69. The van der Waals surface area contributed by atoms with Crippen molar-refractivity contribution in [3.63, 3.8) is 0 Å². The van der Waals surface area contributed by atoms with Crippen molar-refractivity contribution in [3.8, 4) is 0 Å². The molecule has 0 unspecified atom stereocenters. The van der Waals surface area contributed by atoms with Gasteiger partial charge < -0.3 is 10.0 Å². The largest absolute Gasteiger partial charge is 0.388 e. The van der Waals surface area contributed by atoms with Gasteiger partial charge in [-0.15, -0.1) is 0 Å². The molecule has 0 spiro atoms. The highest BCUT2D eigenvalue weighted by Crippen LogP contribution is 2.22. The van der Waals surface area contributed by atoms with Gasteiger partial charge in [0.15, 0.2) is 5.78 Å². The van der Waals surface area contributed by atoms with E-state index in [-0.39, 0.29) is 23.8 Å². The maximum Gasteiger partial charge on any atom is 0.254 e. The van der Waals surface area contributed by atoms with Crippen molar-refractivity contribution in [1.29, 1.82) is 0 Å². The van der Waals surface area contributed by atoms with E-state index in [2.05, 4.69) is 35.8 Å². The van der Waals surface area contributed by atoms with E-state index in [1.165, 1.54) is 37.9 Å². The monoisotopic (exact) mass is 463 g/mol. The molecule has 1 amide bonds. The molecule has 0 aliphatic carbocycles. The topological polar surface area (TPSA) is 64.1 Å². The van der Waals surface area contributed by atoms with Gasteiger partial charge in [-0.3, -0.25) is 19.4 Å². The normalized spacial score (nSPS) is 22.0. The third-order valence-electron chi connectivity index (χ3n) is 7.11. The van der Waals surface area contributed by atoms with Crippen LogP contribution in [-0.4, -0.2) is 76.4 Å². The number of ketones is 1. The van der Waals surface area contributed by atoms with Gasteiger partial charge in [-0.25, -0.2) is 0 Å². The van der Waals surface area contributed by atoms with E-state index >= 15 is 0 Å². The third kappa shape index (κ3) is 5.93. The summed E-state index contributed by atoms with van der Waals surface area (Å²) in [4.78, 5) is 31.9. The molecule has 2 saturated heterocycles. The zero-order valence-corrected chi connectivity index (χ0v) is 20.4. The number of Topliss-reactive ketones (excluding diaryl/α,β-unsaturated/α-hetero) is 1. The maximum absolute atomic E-state index is 13.4. The Bertz CT molecular complexity index is 955. The summed E-state index contributed by atoms with van der Waals surface area (Å²) < 4.78 is 0. The standard InChI is InChI=1S/C28H37N3O3/c1-21-16-30(19-24-6-10-25(11-7-24)27(33)20-32)17-22(2)31(21)28(34)26-12-8-23(9-13-26)18-29-14-4-3-5-15-29/h6-13,21-22,32H,3-5,14-20H2,1-2H3/t21-,22+. The van der Waals surface area contributed by atoms with Gasteiger partial charge in [-0.1, -0.05) is 42.8 Å². The number of benzene rings is 2. The van der Waals surface area contributed by atoms with Crippen LogP contribution in [0.4, 0.5) is 0 Å². The van der Waals surface area contributed by atoms with Crippen LogP contribution in [0.3, 0.4) is 0 Å². The number of aliphatic hydroxyl groups excluding tert-OH is 1. The number of piperazine rings is 1. The Morgan fingerprint density at radius 1 is 0.765 bits per heavy atom. The molecule has 2 aromatic carbocycles. The second-order valence-corrected chi connectivity index (χ2v) is 9.92. The maximum atomic E-state index is 13.4. The number of hydrogen-bond acceptors (Lipinski definition) is 5. The van der Waals surface area contributed by atoms with Crippen molar-refractivity contribution in [2.75, 3.05) is 32.8 Å². The second kappa shape index (κ2) is 11.3. The van der Waals surface area contributed by atoms with Crippen LogP contribution in [0.15, 0.2) is 48.5 Å². The summed E-state index contributed by atoms with van der Waals surface area (Å²) in [6.07, 6.45) is 3.91. The molecule has 2 aliphatic heterocycles. The van der Waals surface area contributed by atoms with Gasteiger partial charge in [0, 0.05) is 49.4 Å². The number of amides is 1. The van der Waals surface area contributed by atoms with Gasteiger partial charge in [-0.2, -0.15) is 0 Å². The average Bonchev–Trinajstić information content (AvgIpc) is 2.84. The van der Waals surface area contributed by atoms with E-state index < -0.39 is 6.61 Å². The molecule has 0 aromatic heterocycles. The number of carbonyl (C=O) groups excluding carboxylic acids is 2. The molecule has 2 heterocycles. The third-order valence-corrected chi connectivity index (χ3v) is 7.11. The van der Waals surface area contributed by atoms with E-state index in [1.807, 2.05) is 29.2 Å². The smallest absolute Gasteiger partial charge is 0.254 e. The number of nitrogens with zero attached hydrogens (tertiary/aromatic N) is 3. The molecule has 0 radical (unpaired) electrons. The summed E-state index contributed by atoms with van der Waals surface area (Å²) >= 11 is 0. The van der Waals surface area contributed by atoms with Gasteiger partial charge in [0.05, 0.1) is 0 Å². The summed E-state index contributed by atoms with van der Waals surface area (Å²) in [7, 11) is 0. The van der Waals surface area contributed by atoms with Crippen LogP contribution in [-0.2, 0) is 13.1 Å². The fourth-order valence-electron chi connectivity index (χ4n) is 5.38. The Labute approximate surface area is 203 Å². The predicted molar refractivity (Wildman–Crippen MR) is 134 cm³/mol. The minimum atomic E-state index is -0.467. The number of piperidine rings is 1. The van der Waals surface area contributed by atoms with Crippen LogP contribution < -0.4 is 0 Å². The highest BCUT2D eigenvalue weighted by atomic mass is 16.3. The summed E-state index contributed by atoms with van der Waals surface area (Å²) in [5, 5.41) is 9.02. The minimum absolute atomic E-state index is 0.107. The van der Waals surface area contributed by atoms with Crippen molar-refractivity contribution < 1.29 is 14.7 Å². The minimum Gasteiger partial charge on any atom is -0.388 e. The molecule has 4 rings (SSSR count). The van der Waals surface area contributed by atoms with Gasteiger partial charge in [0.25, 0.3) is 5.91 Å². The molecule has 0 saturated carbocycles. The molecular formula is C28H37N3O3. The Kier molecular flexibility index (Phi) is 8.14. The van der Waals surface area contributed by atoms with E-state index in [0.717, 1.165) is 37.3 Å². The van der Waals surface area contributed by atoms with Crippen molar-refractivity contribution >= 4 is 11.7 Å². The number of hydrogen-bond donors (Lipinski definition) is 1. The lowest BCUT2D eigenvalue weighted by atomic mass is 10.0. The molecule has 2 atom stereocenters. The Balaban J connectivity index is 1.34. The molecule has 34 heavy (non-hydrogen) atoms. The fraction of sp³-hybridized carbons (Fsp3) is 0.500. The first kappa shape index (κ1) is 24.6. The van der Waals surface area contributed by atoms with Crippen molar-refractivity contribution in [2.45, 2.75) is 58.3 Å². The number of rotatable bonds is 7. The highest BCUT2D eigenvalue weighted by Gasteiger charge is 2.33. The average molecular weight is 464 g/mol. The Hall–Kier alpha value is -2.54. The van der Waals surface area contributed by atoms with Gasteiger partial charge in [-0.05, 0) is 63.0 Å². The molecule has 6 nitrogen and oxygen atoms in total. The number of likely N-dealkylation sites (tertiary alicyclic amines) is 1. The first-order chi connectivity index (χ1) is 16.4. The first-order valence-electron chi connectivity index (χ1n) is 12.5. The fourth-order valence-corrected chi connectivity index (χ4v) is 5.38. The lowest BCUT2D eigenvalue weighted by molar-refractivity contribution is 0.0268. The van der Waals surface area contributed by atoms with Crippen molar-refractivity contribution in [3.05, 3.63) is 70.8 Å². The molecule has 182 valence electrons. The Morgan fingerprint density at radius 3 is 1.79 bits per heavy atom. The lowest BCUT2D eigenvalue weighted by Gasteiger charge is -2.44. The van der Waals surface area contributed by atoms with E-state index in [0.29, 0.717) is 5.56 Å². The molecule has 6 heteroatoms. The van der Waals surface area contributed by atoms with Gasteiger partial charge in [0.1, 0.15) is 6.61 Å². The summed E-state index contributed by atoms with van der Waals surface area (Å²) in [5.74, 6) is -0.156. The van der Waals surface area contributed by atoms with Crippen LogP contribution in [0, 0.1) is 0 Å². The molecule has 2 fully saturated rings. The van der Waals surface area contributed by atoms with Crippen LogP contribution in [0.5, 0.6) is 0 Å². The van der Waals surface area contributed by atoms with Crippen molar-refractivity contribution in [2.24, 2.45) is 0 Å². The molecule has 2 aliphatic rings. The molecule has 0 bridgehead atoms. The van der Waals surface area contributed by atoms with Crippen LogP contribution in [0.25, 0.3) is 0 Å². The zero-order valence-electron chi connectivity index (χ0n) is 20.4. The van der Waals surface area contributed by atoms with Crippen LogP contribution in [0.1, 0.15) is 65.0 Å². The molecular weight excluding hydrogens is 426 g/mol. The molecule has 1 N–H and O–H groups in total. The SMILES string of the molecule is C[C@@H]1CN(Cc2ccc(C(=O)CO)cc2)C[C@H](C)N1C(=O)c1ccc(CN2CCCCC2)cc1. The van der Waals surface area contributed by atoms with Crippen LogP contribution in [0.2, 0.25) is 0 Å². The van der Waals surface area contributed by atoms with E-state index in [1.54, 1.807) is 12.1 Å². The first-order valence-corrected chi connectivity index (χ1v) is 12.5.